The molecule has 0 unspecified atom stereocenters. The lowest BCUT2D eigenvalue weighted by Gasteiger charge is -2.29. The van der Waals surface area contributed by atoms with Gasteiger partial charge in [-0.1, -0.05) is 25.0 Å². The minimum absolute atomic E-state index is 0.000622. The molecule has 4 atom stereocenters. The normalized spacial score (nSPS) is 38.2. The number of fused-ring (bicyclic) bond motifs is 2. The molecule has 1 amide bonds. The Hall–Kier alpha value is -1.32. The van der Waals surface area contributed by atoms with Crippen molar-refractivity contribution < 1.29 is 14.7 Å². The molecular weight excluding hydrogens is 230 g/mol. The van der Waals surface area contributed by atoms with Gasteiger partial charge in [0.2, 0.25) is 5.91 Å². The molecule has 1 N–H and O–H groups in total. The minimum atomic E-state index is -1.07. The number of amides is 1. The first kappa shape index (κ1) is 11.8. The van der Waals surface area contributed by atoms with Crippen LogP contribution < -0.4 is 10.4 Å². The van der Waals surface area contributed by atoms with E-state index in [1.807, 2.05) is 12.2 Å². The van der Waals surface area contributed by atoms with E-state index in [2.05, 4.69) is 5.32 Å². The van der Waals surface area contributed by atoms with Crippen LogP contribution in [0.15, 0.2) is 12.2 Å². The number of aliphatic carboxylic acids is 1. The Morgan fingerprint density at radius 3 is 2.28 bits per heavy atom. The zero-order valence-corrected chi connectivity index (χ0v) is 10.3. The molecule has 2 saturated carbocycles. The SMILES string of the molecule is O=C(NC1CCCC1)[C@@H]1[C@@H](C(=O)[O-])[C@H]2C=C[C@@H]1C2. The van der Waals surface area contributed by atoms with Crippen LogP contribution >= 0.6 is 0 Å². The maximum Gasteiger partial charge on any atom is 0.224 e. The molecule has 3 aliphatic rings. The van der Waals surface area contributed by atoms with Crippen molar-refractivity contribution in [2.24, 2.45) is 23.7 Å². The quantitative estimate of drug-likeness (QED) is 0.727. The van der Waals surface area contributed by atoms with Crippen molar-refractivity contribution in [2.75, 3.05) is 0 Å². The van der Waals surface area contributed by atoms with Crippen LogP contribution in [0.4, 0.5) is 0 Å². The summed E-state index contributed by atoms with van der Waals surface area (Å²) >= 11 is 0. The lowest BCUT2D eigenvalue weighted by Crippen LogP contribution is -2.46. The van der Waals surface area contributed by atoms with Gasteiger partial charge in [-0.25, -0.2) is 0 Å². The number of carboxylic acid groups (broad SMARTS) is 1. The number of carbonyl (C=O) groups excluding carboxylic acids is 2. The molecule has 18 heavy (non-hydrogen) atoms. The van der Waals surface area contributed by atoms with E-state index in [4.69, 9.17) is 0 Å². The van der Waals surface area contributed by atoms with E-state index in [-0.39, 0.29) is 23.8 Å². The summed E-state index contributed by atoms with van der Waals surface area (Å²) in [5.41, 5.74) is 0. The second-order valence-electron chi connectivity index (χ2n) is 5.81. The molecule has 0 heterocycles. The Morgan fingerprint density at radius 2 is 1.67 bits per heavy atom. The van der Waals surface area contributed by atoms with E-state index in [0.717, 1.165) is 32.1 Å². The van der Waals surface area contributed by atoms with Gasteiger partial charge in [-0.15, -0.1) is 0 Å². The third-order valence-electron chi connectivity index (χ3n) is 4.74. The molecule has 2 fully saturated rings. The summed E-state index contributed by atoms with van der Waals surface area (Å²) in [7, 11) is 0. The largest absolute Gasteiger partial charge is 0.550 e. The Morgan fingerprint density at radius 1 is 1.06 bits per heavy atom. The van der Waals surface area contributed by atoms with E-state index in [1.54, 1.807) is 0 Å². The predicted molar refractivity (Wildman–Crippen MR) is 63.1 cm³/mol. The fraction of sp³-hybridized carbons (Fsp3) is 0.714. The molecule has 0 aromatic rings. The molecular formula is C14H18NO3-. The lowest BCUT2D eigenvalue weighted by molar-refractivity contribution is -0.313. The maximum absolute atomic E-state index is 12.3. The van der Waals surface area contributed by atoms with Crippen molar-refractivity contribution in [3.05, 3.63) is 12.2 Å². The molecule has 3 aliphatic carbocycles. The second kappa shape index (κ2) is 4.41. The number of allylic oxidation sites excluding steroid dienone is 2. The average molecular weight is 248 g/mol. The summed E-state index contributed by atoms with van der Waals surface area (Å²) in [5.74, 6) is -2.09. The fourth-order valence-electron chi connectivity index (χ4n) is 3.87. The smallest absolute Gasteiger partial charge is 0.224 e. The summed E-state index contributed by atoms with van der Waals surface area (Å²) in [6.45, 7) is 0. The third kappa shape index (κ3) is 1.84. The van der Waals surface area contributed by atoms with Crippen molar-refractivity contribution in [3.63, 3.8) is 0 Å². The van der Waals surface area contributed by atoms with Gasteiger partial charge in [-0.2, -0.15) is 0 Å². The standard InChI is InChI=1S/C14H19NO3/c16-13(15-10-3-1-2-4-10)11-8-5-6-9(7-8)12(11)14(17)18/h5-6,8-12H,1-4,7H2,(H,15,16)(H,17,18)/p-1/t8-,9+,11+,12+/m1/s1. The number of carboxylic acids is 1. The Bertz CT molecular complexity index is 398. The third-order valence-corrected chi connectivity index (χ3v) is 4.74. The van der Waals surface area contributed by atoms with Crippen molar-refractivity contribution in [1.82, 2.24) is 5.32 Å². The minimum Gasteiger partial charge on any atom is -0.550 e. The average Bonchev–Trinajstić information content (AvgIpc) is 3.03. The predicted octanol–water partition coefficient (Wildman–Crippen LogP) is 0.233. The highest BCUT2D eigenvalue weighted by Crippen LogP contribution is 2.47. The van der Waals surface area contributed by atoms with E-state index in [0.29, 0.717) is 0 Å². The van der Waals surface area contributed by atoms with E-state index < -0.39 is 17.8 Å². The van der Waals surface area contributed by atoms with Crippen LogP contribution in [0.1, 0.15) is 32.1 Å². The first-order valence-corrected chi connectivity index (χ1v) is 6.86. The highest BCUT2D eigenvalue weighted by molar-refractivity contribution is 5.86. The summed E-state index contributed by atoms with van der Waals surface area (Å²) in [6, 6.07) is 0.253. The van der Waals surface area contributed by atoms with Crippen LogP contribution in [0, 0.1) is 23.7 Å². The molecule has 2 bridgehead atoms. The van der Waals surface area contributed by atoms with Gasteiger partial charge < -0.3 is 15.2 Å². The van der Waals surface area contributed by atoms with Crippen molar-refractivity contribution in [3.8, 4) is 0 Å². The molecule has 0 aromatic heterocycles. The molecule has 0 radical (unpaired) electrons. The summed E-state index contributed by atoms with van der Waals surface area (Å²) < 4.78 is 0. The maximum atomic E-state index is 12.3. The molecule has 0 saturated heterocycles. The van der Waals surface area contributed by atoms with Gasteiger partial charge in [0.25, 0.3) is 0 Å². The second-order valence-corrected chi connectivity index (χ2v) is 5.81. The molecule has 0 aliphatic heterocycles. The fourth-order valence-corrected chi connectivity index (χ4v) is 3.87. The molecule has 0 spiro atoms. The van der Waals surface area contributed by atoms with Crippen LogP contribution in [0.2, 0.25) is 0 Å². The highest BCUT2D eigenvalue weighted by Gasteiger charge is 2.48. The van der Waals surface area contributed by atoms with Crippen LogP contribution in [-0.2, 0) is 9.59 Å². The van der Waals surface area contributed by atoms with E-state index >= 15 is 0 Å². The lowest BCUT2D eigenvalue weighted by atomic mass is 9.82. The summed E-state index contributed by atoms with van der Waals surface area (Å²) in [6.07, 6.45) is 9.10. The topological polar surface area (TPSA) is 69.2 Å². The van der Waals surface area contributed by atoms with Crippen LogP contribution in [0.25, 0.3) is 0 Å². The summed E-state index contributed by atoms with van der Waals surface area (Å²) in [4.78, 5) is 23.5. The Kier molecular flexibility index (Phi) is 2.88. The zero-order chi connectivity index (χ0) is 12.7. The van der Waals surface area contributed by atoms with Crippen molar-refractivity contribution in [1.29, 1.82) is 0 Å². The van der Waals surface area contributed by atoms with Crippen LogP contribution in [0.3, 0.4) is 0 Å². The van der Waals surface area contributed by atoms with Crippen molar-refractivity contribution >= 4 is 11.9 Å². The zero-order valence-electron chi connectivity index (χ0n) is 10.3. The van der Waals surface area contributed by atoms with Gasteiger partial charge in [-0.3, -0.25) is 4.79 Å². The van der Waals surface area contributed by atoms with E-state index in [1.165, 1.54) is 0 Å². The number of hydrogen-bond acceptors (Lipinski definition) is 3. The highest BCUT2D eigenvalue weighted by atomic mass is 16.4. The van der Waals surface area contributed by atoms with Gasteiger partial charge in [0.1, 0.15) is 0 Å². The van der Waals surface area contributed by atoms with Gasteiger partial charge >= 0.3 is 0 Å². The van der Waals surface area contributed by atoms with Gasteiger partial charge in [0, 0.05) is 17.9 Å². The number of rotatable bonds is 3. The van der Waals surface area contributed by atoms with Crippen LogP contribution in [-0.4, -0.2) is 17.9 Å². The van der Waals surface area contributed by atoms with E-state index in [9.17, 15) is 14.7 Å². The van der Waals surface area contributed by atoms with Crippen molar-refractivity contribution in [2.45, 2.75) is 38.1 Å². The number of carbonyl (C=O) groups is 2. The molecule has 98 valence electrons. The number of nitrogens with one attached hydrogen (secondary N) is 1. The Balaban J connectivity index is 1.71. The van der Waals surface area contributed by atoms with Gasteiger partial charge in [0.05, 0.1) is 5.92 Å². The molecule has 4 heteroatoms. The monoisotopic (exact) mass is 248 g/mol. The number of hydrogen-bond donors (Lipinski definition) is 1. The first-order valence-electron chi connectivity index (χ1n) is 6.86. The first-order chi connectivity index (χ1) is 8.66. The Labute approximate surface area is 106 Å². The summed E-state index contributed by atoms with van der Waals surface area (Å²) in [5, 5.41) is 14.2. The van der Waals surface area contributed by atoms with Crippen LogP contribution in [0.5, 0.6) is 0 Å². The van der Waals surface area contributed by atoms with Gasteiger partial charge in [0.15, 0.2) is 0 Å². The van der Waals surface area contributed by atoms with Gasteiger partial charge in [-0.05, 0) is 31.1 Å². The molecule has 4 nitrogen and oxygen atoms in total. The molecule has 3 rings (SSSR count). The molecule has 0 aromatic carbocycles.